The zero-order valence-electron chi connectivity index (χ0n) is 11.0. The SMILES string of the molecule is CS(=O)(=O)O[C@H]1[C@@H](O)[C@H](c2cn[nH]c2C(N)=O)O[C@@H]1CO. The van der Waals surface area contributed by atoms with Gasteiger partial charge in [-0.05, 0) is 0 Å². The molecule has 0 saturated carbocycles. The van der Waals surface area contributed by atoms with Gasteiger partial charge in [0.25, 0.3) is 16.0 Å². The Bertz CT molecular complexity index is 628. The largest absolute Gasteiger partial charge is 0.394 e. The third-order valence-electron chi connectivity index (χ3n) is 3.02. The lowest BCUT2D eigenvalue weighted by molar-refractivity contribution is -0.0180. The van der Waals surface area contributed by atoms with Crippen LogP contribution >= 0.6 is 0 Å². The molecule has 1 amide bonds. The van der Waals surface area contributed by atoms with Crippen molar-refractivity contribution in [3.63, 3.8) is 0 Å². The summed E-state index contributed by atoms with van der Waals surface area (Å²) in [5, 5.41) is 25.4. The van der Waals surface area contributed by atoms with E-state index in [4.69, 9.17) is 14.7 Å². The maximum atomic E-state index is 11.2. The van der Waals surface area contributed by atoms with Gasteiger partial charge < -0.3 is 20.7 Å². The quantitative estimate of drug-likeness (QED) is 0.437. The maximum Gasteiger partial charge on any atom is 0.267 e. The fourth-order valence-corrected chi connectivity index (χ4v) is 2.81. The Morgan fingerprint density at radius 1 is 1.62 bits per heavy atom. The van der Waals surface area contributed by atoms with Crippen molar-refractivity contribution in [2.45, 2.75) is 24.4 Å². The third kappa shape index (κ3) is 3.22. The van der Waals surface area contributed by atoms with Crippen molar-refractivity contribution in [2.75, 3.05) is 12.9 Å². The van der Waals surface area contributed by atoms with Gasteiger partial charge in [0.2, 0.25) is 0 Å². The zero-order chi connectivity index (χ0) is 15.8. The van der Waals surface area contributed by atoms with Crippen LogP contribution in [0.2, 0.25) is 0 Å². The molecular formula is C10H15N3O7S. The molecule has 4 atom stereocenters. The summed E-state index contributed by atoms with van der Waals surface area (Å²) >= 11 is 0. The average molecular weight is 321 g/mol. The Balaban J connectivity index is 2.31. The molecule has 0 unspecified atom stereocenters. The van der Waals surface area contributed by atoms with Gasteiger partial charge in [-0.1, -0.05) is 0 Å². The minimum atomic E-state index is -3.87. The fraction of sp³-hybridized carbons (Fsp3) is 0.600. The second-order valence-corrected chi connectivity index (χ2v) is 6.20. The van der Waals surface area contributed by atoms with Gasteiger partial charge in [0, 0.05) is 5.56 Å². The number of nitrogens with two attached hydrogens (primary N) is 1. The van der Waals surface area contributed by atoms with Crippen LogP contribution in [0, 0.1) is 0 Å². The summed E-state index contributed by atoms with van der Waals surface area (Å²) in [7, 11) is -3.87. The Kier molecular flexibility index (Phi) is 4.30. The molecule has 2 heterocycles. The molecule has 1 aliphatic rings. The molecule has 1 saturated heterocycles. The summed E-state index contributed by atoms with van der Waals surface area (Å²) in [4.78, 5) is 11.2. The number of rotatable bonds is 5. The second kappa shape index (κ2) is 5.69. The standard InChI is InChI=1S/C10H15N3O7S/c1-21(17,18)20-9-5(3-14)19-8(7(9)15)4-2-12-13-6(4)10(11)16/h2,5,7-9,14-15H,3H2,1H3,(H2,11,16)(H,12,13)/t5-,7+,8+,9-/m1/s1. The number of amides is 1. The van der Waals surface area contributed by atoms with Crippen molar-refractivity contribution in [1.29, 1.82) is 0 Å². The van der Waals surface area contributed by atoms with Gasteiger partial charge in [-0.2, -0.15) is 13.5 Å². The number of ether oxygens (including phenoxy) is 1. The number of aromatic nitrogens is 2. The maximum absolute atomic E-state index is 11.2. The van der Waals surface area contributed by atoms with E-state index in [-0.39, 0.29) is 11.3 Å². The van der Waals surface area contributed by atoms with E-state index >= 15 is 0 Å². The van der Waals surface area contributed by atoms with E-state index in [0.29, 0.717) is 0 Å². The number of aliphatic hydroxyl groups is 2. The smallest absolute Gasteiger partial charge is 0.267 e. The highest BCUT2D eigenvalue weighted by Crippen LogP contribution is 2.36. The molecule has 2 rings (SSSR count). The van der Waals surface area contributed by atoms with Crippen LogP contribution in [0.4, 0.5) is 0 Å². The molecule has 118 valence electrons. The van der Waals surface area contributed by atoms with Crippen LogP contribution in [0.5, 0.6) is 0 Å². The van der Waals surface area contributed by atoms with Crippen molar-refractivity contribution in [2.24, 2.45) is 5.73 Å². The van der Waals surface area contributed by atoms with Crippen LogP contribution in [0.15, 0.2) is 6.20 Å². The van der Waals surface area contributed by atoms with Gasteiger partial charge >= 0.3 is 0 Å². The van der Waals surface area contributed by atoms with Gasteiger partial charge in [-0.15, -0.1) is 0 Å². The lowest BCUT2D eigenvalue weighted by Gasteiger charge is -2.17. The molecule has 11 heteroatoms. The lowest BCUT2D eigenvalue weighted by Crippen LogP contribution is -2.37. The molecule has 21 heavy (non-hydrogen) atoms. The molecule has 1 aromatic heterocycles. The molecular weight excluding hydrogens is 306 g/mol. The summed E-state index contributed by atoms with van der Waals surface area (Å²) in [5.74, 6) is -0.814. The first-order valence-electron chi connectivity index (χ1n) is 5.90. The topological polar surface area (TPSA) is 165 Å². The summed E-state index contributed by atoms with van der Waals surface area (Å²) in [6.07, 6.45) is -2.86. The Morgan fingerprint density at radius 2 is 2.29 bits per heavy atom. The predicted octanol–water partition coefficient (Wildman–Crippen LogP) is -2.35. The van der Waals surface area contributed by atoms with Crippen LogP contribution in [0.1, 0.15) is 22.2 Å². The monoisotopic (exact) mass is 321 g/mol. The number of hydrogen-bond donors (Lipinski definition) is 4. The highest BCUT2D eigenvalue weighted by Gasteiger charge is 2.47. The van der Waals surface area contributed by atoms with Crippen LogP contribution in [0.3, 0.4) is 0 Å². The predicted molar refractivity (Wildman–Crippen MR) is 67.5 cm³/mol. The number of H-pyrrole nitrogens is 1. The summed E-state index contributed by atoms with van der Waals surface area (Å²) in [6, 6.07) is 0. The van der Waals surface area contributed by atoms with E-state index < -0.39 is 47.0 Å². The van der Waals surface area contributed by atoms with Gasteiger partial charge in [0.05, 0.1) is 19.1 Å². The molecule has 1 aliphatic heterocycles. The first kappa shape index (κ1) is 15.9. The van der Waals surface area contributed by atoms with E-state index in [9.17, 15) is 23.4 Å². The van der Waals surface area contributed by atoms with Crippen molar-refractivity contribution in [1.82, 2.24) is 10.2 Å². The molecule has 1 aromatic rings. The molecule has 0 aromatic carbocycles. The summed E-state index contributed by atoms with van der Waals surface area (Å²) in [6.45, 7) is -0.572. The first-order valence-corrected chi connectivity index (χ1v) is 7.72. The summed E-state index contributed by atoms with van der Waals surface area (Å²) in [5.41, 5.74) is 5.24. The van der Waals surface area contributed by atoms with E-state index in [1.54, 1.807) is 0 Å². The number of hydrogen-bond acceptors (Lipinski definition) is 8. The highest BCUT2D eigenvalue weighted by atomic mass is 32.2. The second-order valence-electron chi connectivity index (χ2n) is 4.60. The molecule has 10 nitrogen and oxygen atoms in total. The van der Waals surface area contributed by atoms with Crippen molar-refractivity contribution >= 4 is 16.0 Å². The van der Waals surface area contributed by atoms with Crippen LogP contribution in [0.25, 0.3) is 0 Å². The minimum Gasteiger partial charge on any atom is -0.394 e. The Morgan fingerprint density at radius 3 is 2.81 bits per heavy atom. The van der Waals surface area contributed by atoms with E-state index in [0.717, 1.165) is 6.26 Å². The average Bonchev–Trinajstić information content (AvgIpc) is 2.94. The normalized spacial score (nSPS) is 29.7. The number of carbonyl (C=O) groups is 1. The van der Waals surface area contributed by atoms with E-state index in [1.807, 2.05) is 0 Å². The third-order valence-corrected chi connectivity index (χ3v) is 3.59. The Hall–Kier alpha value is -1.53. The summed E-state index contributed by atoms with van der Waals surface area (Å²) < 4.78 is 32.5. The molecule has 5 N–H and O–H groups in total. The number of aliphatic hydroxyl groups excluding tert-OH is 2. The highest BCUT2D eigenvalue weighted by molar-refractivity contribution is 7.86. The minimum absolute atomic E-state index is 0.0734. The van der Waals surface area contributed by atoms with Crippen molar-refractivity contribution in [3.05, 3.63) is 17.5 Å². The fourth-order valence-electron chi connectivity index (χ4n) is 2.17. The van der Waals surface area contributed by atoms with Gasteiger partial charge in [-0.3, -0.25) is 14.1 Å². The number of aromatic amines is 1. The van der Waals surface area contributed by atoms with Crippen LogP contribution in [-0.2, 0) is 19.0 Å². The van der Waals surface area contributed by atoms with Gasteiger partial charge in [0.15, 0.2) is 0 Å². The zero-order valence-corrected chi connectivity index (χ0v) is 11.8. The molecule has 0 bridgehead atoms. The van der Waals surface area contributed by atoms with E-state index in [1.165, 1.54) is 6.20 Å². The van der Waals surface area contributed by atoms with Gasteiger partial charge in [0.1, 0.15) is 30.1 Å². The number of nitrogens with one attached hydrogen (secondary N) is 1. The molecule has 0 radical (unpaired) electrons. The van der Waals surface area contributed by atoms with Crippen LogP contribution in [-0.4, -0.2) is 65.9 Å². The lowest BCUT2D eigenvalue weighted by atomic mass is 10.0. The Labute approximate surface area is 120 Å². The van der Waals surface area contributed by atoms with Crippen molar-refractivity contribution < 1.29 is 32.3 Å². The number of nitrogens with zero attached hydrogens (tertiary/aromatic N) is 1. The van der Waals surface area contributed by atoms with Crippen molar-refractivity contribution in [3.8, 4) is 0 Å². The van der Waals surface area contributed by atoms with Gasteiger partial charge in [-0.25, -0.2) is 0 Å². The van der Waals surface area contributed by atoms with Crippen LogP contribution < -0.4 is 5.73 Å². The first-order chi connectivity index (χ1) is 9.74. The number of carbonyl (C=O) groups excluding carboxylic acids is 1. The number of primary amides is 1. The molecule has 0 aliphatic carbocycles. The van der Waals surface area contributed by atoms with E-state index in [2.05, 4.69) is 10.2 Å². The molecule has 1 fully saturated rings. The molecule has 0 spiro atoms.